The van der Waals surface area contributed by atoms with Gasteiger partial charge in [0.05, 0.1) is 29.9 Å². The number of ether oxygens (including phenoxy) is 2. The van der Waals surface area contributed by atoms with Gasteiger partial charge in [-0.15, -0.1) is 0 Å². The van der Waals surface area contributed by atoms with Crippen molar-refractivity contribution in [3.63, 3.8) is 0 Å². The number of hydrogen-bond acceptors (Lipinski definition) is 5. The number of methoxy groups -OCH3 is 1. The fourth-order valence-electron chi connectivity index (χ4n) is 2.82. The van der Waals surface area contributed by atoms with E-state index in [2.05, 4.69) is 4.72 Å². The van der Waals surface area contributed by atoms with E-state index in [0.717, 1.165) is 0 Å². The molecule has 3 aromatic carbocycles. The minimum atomic E-state index is -3.95. The third-order valence-corrected chi connectivity index (χ3v) is 5.43. The molecule has 1 N–H and O–H groups in total. The van der Waals surface area contributed by atoms with Crippen molar-refractivity contribution in [1.29, 1.82) is 0 Å². The van der Waals surface area contributed by atoms with Crippen molar-refractivity contribution in [2.45, 2.75) is 11.8 Å². The van der Waals surface area contributed by atoms with Gasteiger partial charge in [0.1, 0.15) is 5.75 Å². The molecule has 0 fully saturated rings. The Bertz CT molecular complexity index is 1090. The molecular weight excluding hydrogens is 366 g/mol. The monoisotopic (exact) mass is 385 g/mol. The highest BCUT2D eigenvalue weighted by molar-refractivity contribution is 7.93. The molecule has 0 aliphatic carbocycles. The number of para-hydroxylation sites is 1. The van der Waals surface area contributed by atoms with Crippen LogP contribution in [0.25, 0.3) is 10.8 Å². The minimum Gasteiger partial charge on any atom is -0.493 e. The van der Waals surface area contributed by atoms with E-state index in [-0.39, 0.29) is 16.1 Å². The molecule has 3 aromatic rings. The number of esters is 1. The van der Waals surface area contributed by atoms with Crippen molar-refractivity contribution < 1.29 is 22.7 Å². The summed E-state index contributed by atoms with van der Waals surface area (Å²) < 4.78 is 38.9. The van der Waals surface area contributed by atoms with Gasteiger partial charge in [-0.05, 0) is 31.2 Å². The summed E-state index contributed by atoms with van der Waals surface area (Å²) in [5.74, 6) is -0.00753. The van der Waals surface area contributed by atoms with Crippen molar-refractivity contribution in [3.05, 3.63) is 66.2 Å². The lowest BCUT2D eigenvalue weighted by Crippen LogP contribution is -2.16. The number of carbonyl (C=O) groups is 1. The second kappa shape index (κ2) is 7.67. The van der Waals surface area contributed by atoms with Gasteiger partial charge in [0.15, 0.2) is 0 Å². The van der Waals surface area contributed by atoms with Gasteiger partial charge < -0.3 is 9.47 Å². The average molecular weight is 385 g/mol. The second-order valence-corrected chi connectivity index (χ2v) is 7.33. The largest absolute Gasteiger partial charge is 0.493 e. The van der Waals surface area contributed by atoms with Crippen LogP contribution in [0, 0.1) is 0 Å². The summed E-state index contributed by atoms with van der Waals surface area (Å²) in [6, 6.07) is 16.5. The molecule has 0 unspecified atom stereocenters. The first-order valence-electron chi connectivity index (χ1n) is 8.32. The maximum Gasteiger partial charge on any atom is 0.339 e. The summed E-state index contributed by atoms with van der Waals surface area (Å²) in [5.41, 5.74) is 0.293. The van der Waals surface area contributed by atoms with Crippen molar-refractivity contribution >= 4 is 32.5 Å². The van der Waals surface area contributed by atoms with Crippen LogP contribution in [0.4, 0.5) is 5.69 Å². The number of carbonyl (C=O) groups excluding carboxylic acids is 1. The normalized spacial score (nSPS) is 11.2. The van der Waals surface area contributed by atoms with Crippen molar-refractivity contribution in [2.75, 3.05) is 18.4 Å². The zero-order valence-electron chi connectivity index (χ0n) is 14.9. The molecule has 0 saturated heterocycles. The fraction of sp³-hybridized carbons (Fsp3) is 0.150. The first-order valence-corrected chi connectivity index (χ1v) is 9.81. The van der Waals surface area contributed by atoms with Gasteiger partial charge in [-0.25, -0.2) is 13.2 Å². The highest BCUT2D eigenvalue weighted by atomic mass is 32.2. The molecule has 3 rings (SSSR count). The van der Waals surface area contributed by atoms with Crippen LogP contribution in [0.3, 0.4) is 0 Å². The molecule has 7 heteroatoms. The van der Waals surface area contributed by atoms with Crippen molar-refractivity contribution in [3.8, 4) is 5.75 Å². The van der Waals surface area contributed by atoms with E-state index in [1.807, 2.05) is 19.1 Å². The zero-order chi connectivity index (χ0) is 19.4. The zero-order valence-corrected chi connectivity index (χ0v) is 15.7. The van der Waals surface area contributed by atoms with Crippen LogP contribution in [0.5, 0.6) is 5.75 Å². The lowest BCUT2D eigenvalue weighted by atomic mass is 10.1. The van der Waals surface area contributed by atoms with Gasteiger partial charge >= 0.3 is 5.97 Å². The third-order valence-electron chi connectivity index (χ3n) is 4.01. The van der Waals surface area contributed by atoms with E-state index in [1.54, 1.807) is 30.3 Å². The lowest BCUT2D eigenvalue weighted by molar-refractivity contribution is 0.0602. The Kier molecular flexibility index (Phi) is 5.32. The standard InChI is InChI=1S/C20H19NO5S/c1-3-26-18-12-13-19(15-9-5-4-8-14(15)18)27(23,24)21-17-11-7-6-10-16(17)20(22)25-2/h4-13,21H,3H2,1-2H3. The molecule has 27 heavy (non-hydrogen) atoms. The van der Waals surface area contributed by atoms with E-state index in [1.165, 1.54) is 25.3 Å². The molecule has 0 aromatic heterocycles. The average Bonchev–Trinajstić information content (AvgIpc) is 2.68. The molecule has 0 atom stereocenters. The molecule has 140 valence electrons. The number of fused-ring (bicyclic) bond motifs is 1. The molecular formula is C20H19NO5S. The molecule has 0 saturated carbocycles. The Morgan fingerprint density at radius 1 is 0.963 bits per heavy atom. The van der Waals surface area contributed by atoms with Gasteiger partial charge in [-0.1, -0.05) is 36.4 Å². The molecule has 0 amide bonds. The van der Waals surface area contributed by atoms with E-state index >= 15 is 0 Å². The number of benzene rings is 3. The van der Waals surface area contributed by atoms with E-state index in [4.69, 9.17) is 9.47 Å². The van der Waals surface area contributed by atoms with Crippen molar-refractivity contribution in [2.24, 2.45) is 0 Å². The van der Waals surface area contributed by atoms with Gasteiger partial charge in [0.25, 0.3) is 10.0 Å². The maximum atomic E-state index is 13.0. The first-order chi connectivity index (χ1) is 13.0. The highest BCUT2D eigenvalue weighted by Gasteiger charge is 2.22. The summed E-state index contributed by atoms with van der Waals surface area (Å²) in [4.78, 5) is 12.0. The Hall–Kier alpha value is -3.06. The van der Waals surface area contributed by atoms with Gasteiger partial charge in [0.2, 0.25) is 0 Å². The SMILES string of the molecule is CCOc1ccc(S(=O)(=O)Nc2ccccc2C(=O)OC)c2ccccc12. The fourth-order valence-corrected chi connectivity index (χ4v) is 4.11. The van der Waals surface area contributed by atoms with Gasteiger partial charge in [-0.3, -0.25) is 4.72 Å². The summed E-state index contributed by atoms with van der Waals surface area (Å²) >= 11 is 0. The predicted molar refractivity (Wildman–Crippen MR) is 104 cm³/mol. The van der Waals surface area contributed by atoms with Crippen LogP contribution in [0.15, 0.2) is 65.6 Å². The summed E-state index contributed by atoms with van der Waals surface area (Å²) in [6.07, 6.45) is 0. The second-order valence-electron chi connectivity index (χ2n) is 5.68. The van der Waals surface area contributed by atoms with Crippen LogP contribution < -0.4 is 9.46 Å². The van der Waals surface area contributed by atoms with Crippen LogP contribution in [-0.4, -0.2) is 28.1 Å². The van der Waals surface area contributed by atoms with E-state index in [0.29, 0.717) is 23.1 Å². The summed E-state index contributed by atoms with van der Waals surface area (Å²) in [6.45, 7) is 2.34. The quantitative estimate of drug-likeness (QED) is 0.652. The predicted octanol–water partition coefficient (Wildman–Crippen LogP) is 3.83. The van der Waals surface area contributed by atoms with Gasteiger partial charge in [0, 0.05) is 10.8 Å². The summed E-state index contributed by atoms with van der Waals surface area (Å²) in [7, 11) is -2.71. The topological polar surface area (TPSA) is 81.7 Å². The number of nitrogens with one attached hydrogen (secondary N) is 1. The van der Waals surface area contributed by atoms with Crippen LogP contribution in [0.1, 0.15) is 17.3 Å². The Balaban J connectivity index is 2.10. The Morgan fingerprint density at radius 2 is 1.63 bits per heavy atom. The smallest absolute Gasteiger partial charge is 0.339 e. The number of hydrogen-bond donors (Lipinski definition) is 1. The van der Waals surface area contributed by atoms with Gasteiger partial charge in [-0.2, -0.15) is 0 Å². The van der Waals surface area contributed by atoms with E-state index < -0.39 is 16.0 Å². The van der Waals surface area contributed by atoms with Crippen LogP contribution >= 0.6 is 0 Å². The minimum absolute atomic E-state index is 0.0984. The molecule has 0 bridgehead atoms. The Labute approximate surface area is 157 Å². The third kappa shape index (κ3) is 3.73. The molecule has 0 heterocycles. The number of rotatable bonds is 6. The molecule has 0 spiro atoms. The van der Waals surface area contributed by atoms with Crippen molar-refractivity contribution in [1.82, 2.24) is 0 Å². The van der Waals surface area contributed by atoms with E-state index in [9.17, 15) is 13.2 Å². The number of anilines is 1. The van der Waals surface area contributed by atoms with Crippen LogP contribution in [-0.2, 0) is 14.8 Å². The molecule has 6 nitrogen and oxygen atoms in total. The number of sulfonamides is 1. The maximum absolute atomic E-state index is 13.0. The highest BCUT2D eigenvalue weighted by Crippen LogP contribution is 2.32. The molecule has 0 aliphatic heterocycles. The summed E-state index contributed by atoms with van der Waals surface area (Å²) in [5, 5.41) is 1.23. The lowest BCUT2D eigenvalue weighted by Gasteiger charge is -2.14. The molecule has 0 aliphatic rings. The van der Waals surface area contributed by atoms with Crippen LogP contribution in [0.2, 0.25) is 0 Å². The Morgan fingerprint density at radius 3 is 2.33 bits per heavy atom. The first kappa shape index (κ1) is 18.7. The molecule has 0 radical (unpaired) electrons.